The first-order valence-electron chi connectivity index (χ1n) is 6.55. The number of ether oxygens (including phenoxy) is 1. The Labute approximate surface area is 136 Å². The van der Waals surface area contributed by atoms with Gasteiger partial charge in [0.2, 0.25) is 0 Å². The molecule has 5 heteroatoms. The summed E-state index contributed by atoms with van der Waals surface area (Å²) >= 11 is 5.84. The first-order chi connectivity index (χ1) is 9.78. The van der Waals surface area contributed by atoms with Crippen LogP contribution in [0.15, 0.2) is 48.5 Å². The Morgan fingerprint density at radius 1 is 0.952 bits per heavy atom. The third-order valence-corrected chi connectivity index (χ3v) is 3.11. The summed E-state index contributed by atoms with van der Waals surface area (Å²) in [4.78, 5) is 0. The van der Waals surface area contributed by atoms with E-state index in [1.54, 1.807) is 0 Å². The molecule has 0 bridgehead atoms. The van der Waals surface area contributed by atoms with E-state index >= 15 is 0 Å². The zero-order valence-corrected chi connectivity index (χ0v) is 13.2. The van der Waals surface area contributed by atoms with Gasteiger partial charge in [0, 0.05) is 18.1 Å². The Hall–Kier alpha value is -1.26. The van der Waals surface area contributed by atoms with Gasteiger partial charge < -0.3 is 15.2 Å². The van der Waals surface area contributed by atoms with E-state index in [0.29, 0.717) is 13.2 Å². The van der Waals surface area contributed by atoms with Gasteiger partial charge in [0.25, 0.3) is 0 Å². The van der Waals surface area contributed by atoms with E-state index in [-0.39, 0.29) is 19.0 Å². The Balaban J connectivity index is 0.00000220. The van der Waals surface area contributed by atoms with Crippen molar-refractivity contribution in [3.63, 3.8) is 0 Å². The molecule has 0 aliphatic rings. The number of halogens is 2. The van der Waals surface area contributed by atoms with Crippen molar-refractivity contribution in [1.29, 1.82) is 0 Å². The number of hydrogen-bond donors (Lipinski definition) is 2. The van der Waals surface area contributed by atoms with Gasteiger partial charge in [0.15, 0.2) is 0 Å². The lowest BCUT2D eigenvalue weighted by Gasteiger charge is -2.08. The number of aliphatic hydroxyl groups is 1. The van der Waals surface area contributed by atoms with E-state index in [2.05, 4.69) is 5.32 Å². The van der Waals surface area contributed by atoms with E-state index in [0.717, 1.165) is 28.4 Å². The van der Waals surface area contributed by atoms with Crippen molar-refractivity contribution >= 4 is 24.0 Å². The van der Waals surface area contributed by atoms with Gasteiger partial charge in [-0.05, 0) is 35.4 Å². The number of nitrogens with one attached hydrogen (secondary N) is 1. The van der Waals surface area contributed by atoms with E-state index in [1.165, 1.54) is 0 Å². The van der Waals surface area contributed by atoms with Crippen LogP contribution in [0.4, 0.5) is 0 Å². The van der Waals surface area contributed by atoms with Crippen LogP contribution in [0.25, 0.3) is 0 Å². The van der Waals surface area contributed by atoms with E-state index in [1.807, 2.05) is 48.5 Å². The molecule has 3 nitrogen and oxygen atoms in total. The van der Waals surface area contributed by atoms with Crippen LogP contribution in [0.3, 0.4) is 0 Å². The Bertz CT molecular complexity index is 515. The maximum absolute atomic E-state index is 8.69. The molecule has 2 aromatic carbocycles. The molecule has 2 aromatic rings. The number of rotatable bonds is 7. The van der Waals surface area contributed by atoms with Gasteiger partial charge in [-0.3, -0.25) is 0 Å². The minimum absolute atomic E-state index is 0. The molecule has 0 atom stereocenters. The molecule has 2 rings (SSSR count). The second-order valence-electron chi connectivity index (χ2n) is 4.46. The average molecular weight is 328 g/mol. The number of aliphatic hydroxyl groups excluding tert-OH is 1. The van der Waals surface area contributed by atoms with Gasteiger partial charge in [0.05, 0.1) is 6.61 Å². The van der Waals surface area contributed by atoms with Crippen LogP contribution < -0.4 is 10.1 Å². The molecule has 0 unspecified atom stereocenters. The molecule has 0 fully saturated rings. The van der Waals surface area contributed by atoms with Gasteiger partial charge in [-0.15, -0.1) is 12.4 Å². The predicted octanol–water partition coefficient (Wildman–Crippen LogP) is 3.42. The molecule has 0 aromatic heterocycles. The molecule has 0 heterocycles. The zero-order chi connectivity index (χ0) is 14.2. The van der Waals surface area contributed by atoms with Gasteiger partial charge in [0.1, 0.15) is 12.4 Å². The molecule has 0 aliphatic carbocycles. The highest BCUT2D eigenvalue weighted by Crippen LogP contribution is 2.15. The molecule has 0 aliphatic heterocycles. The molecule has 114 valence electrons. The predicted molar refractivity (Wildman–Crippen MR) is 88.3 cm³/mol. The second-order valence-corrected chi connectivity index (χ2v) is 4.90. The molecular formula is C16H19Cl2NO2. The largest absolute Gasteiger partial charge is 0.489 e. The molecule has 21 heavy (non-hydrogen) atoms. The van der Waals surface area contributed by atoms with Crippen molar-refractivity contribution in [2.75, 3.05) is 13.2 Å². The van der Waals surface area contributed by atoms with Crippen molar-refractivity contribution in [1.82, 2.24) is 5.32 Å². The maximum Gasteiger partial charge on any atom is 0.119 e. The highest BCUT2D eigenvalue weighted by Gasteiger charge is 1.98. The quantitative estimate of drug-likeness (QED) is 0.765. The van der Waals surface area contributed by atoms with E-state index in [4.69, 9.17) is 21.4 Å². The highest BCUT2D eigenvalue weighted by atomic mass is 35.5. The SMILES string of the molecule is Cl.OCCNCc1ccc(OCc2ccc(Cl)cc2)cc1. The minimum Gasteiger partial charge on any atom is -0.489 e. The summed E-state index contributed by atoms with van der Waals surface area (Å²) in [6.07, 6.45) is 0. The lowest BCUT2D eigenvalue weighted by Crippen LogP contribution is -2.17. The van der Waals surface area contributed by atoms with Crippen molar-refractivity contribution in [3.05, 3.63) is 64.7 Å². The Morgan fingerprint density at radius 3 is 2.19 bits per heavy atom. The highest BCUT2D eigenvalue weighted by molar-refractivity contribution is 6.30. The molecule has 0 spiro atoms. The van der Waals surface area contributed by atoms with E-state index < -0.39 is 0 Å². The van der Waals surface area contributed by atoms with Gasteiger partial charge >= 0.3 is 0 Å². The molecule has 2 N–H and O–H groups in total. The zero-order valence-electron chi connectivity index (χ0n) is 11.6. The molecule has 0 saturated heterocycles. The van der Waals surface area contributed by atoms with Crippen molar-refractivity contribution in [3.8, 4) is 5.75 Å². The molecule has 0 radical (unpaired) electrons. The van der Waals surface area contributed by atoms with Crippen LogP contribution in [0.1, 0.15) is 11.1 Å². The maximum atomic E-state index is 8.69. The smallest absolute Gasteiger partial charge is 0.119 e. The van der Waals surface area contributed by atoms with Crippen LogP contribution >= 0.6 is 24.0 Å². The number of benzene rings is 2. The van der Waals surface area contributed by atoms with Crippen LogP contribution in [0.2, 0.25) is 5.02 Å². The number of hydrogen-bond acceptors (Lipinski definition) is 3. The fourth-order valence-electron chi connectivity index (χ4n) is 1.76. The fraction of sp³-hybridized carbons (Fsp3) is 0.250. The minimum atomic E-state index is 0. The van der Waals surface area contributed by atoms with E-state index in [9.17, 15) is 0 Å². The normalized spacial score (nSPS) is 10.0. The van der Waals surface area contributed by atoms with Crippen LogP contribution in [0.5, 0.6) is 5.75 Å². The van der Waals surface area contributed by atoms with Gasteiger partial charge in [-0.25, -0.2) is 0 Å². The molecule has 0 saturated carbocycles. The van der Waals surface area contributed by atoms with Crippen LogP contribution in [-0.2, 0) is 13.2 Å². The standard InChI is InChI=1S/C16H18ClNO2.ClH/c17-15-5-1-14(2-6-15)12-20-16-7-3-13(4-8-16)11-18-9-10-19;/h1-8,18-19H,9-12H2;1H. The summed E-state index contributed by atoms with van der Waals surface area (Å²) in [6.45, 7) is 2.04. The third-order valence-electron chi connectivity index (χ3n) is 2.86. The van der Waals surface area contributed by atoms with Gasteiger partial charge in [-0.2, -0.15) is 0 Å². The van der Waals surface area contributed by atoms with Crippen molar-refractivity contribution in [2.24, 2.45) is 0 Å². The summed E-state index contributed by atoms with van der Waals surface area (Å²) in [5.41, 5.74) is 2.25. The van der Waals surface area contributed by atoms with Crippen LogP contribution in [-0.4, -0.2) is 18.3 Å². The van der Waals surface area contributed by atoms with Crippen LogP contribution in [0, 0.1) is 0 Å². The monoisotopic (exact) mass is 327 g/mol. The van der Waals surface area contributed by atoms with Gasteiger partial charge in [-0.1, -0.05) is 35.9 Å². The first-order valence-corrected chi connectivity index (χ1v) is 6.93. The molecular weight excluding hydrogens is 309 g/mol. The lowest BCUT2D eigenvalue weighted by molar-refractivity contribution is 0.292. The summed E-state index contributed by atoms with van der Waals surface area (Å²) < 4.78 is 5.71. The first kappa shape index (κ1) is 17.8. The summed E-state index contributed by atoms with van der Waals surface area (Å²) in [7, 11) is 0. The summed E-state index contributed by atoms with van der Waals surface area (Å²) in [5, 5.41) is 12.6. The topological polar surface area (TPSA) is 41.5 Å². The average Bonchev–Trinajstić information content (AvgIpc) is 2.48. The summed E-state index contributed by atoms with van der Waals surface area (Å²) in [5.74, 6) is 0.839. The van der Waals surface area contributed by atoms with Crippen molar-refractivity contribution < 1.29 is 9.84 Å². The fourth-order valence-corrected chi connectivity index (χ4v) is 1.89. The molecule has 0 amide bonds. The lowest BCUT2D eigenvalue weighted by atomic mass is 10.2. The Kier molecular flexibility index (Phi) is 8.16. The third kappa shape index (κ3) is 6.36. The summed E-state index contributed by atoms with van der Waals surface area (Å²) in [6, 6.07) is 15.6. The Morgan fingerprint density at radius 2 is 1.57 bits per heavy atom. The second kappa shape index (κ2) is 9.64. The van der Waals surface area contributed by atoms with Crippen molar-refractivity contribution in [2.45, 2.75) is 13.2 Å².